The lowest BCUT2D eigenvalue weighted by Crippen LogP contribution is -2.07. The molecule has 0 aliphatic carbocycles. The number of aromatic nitrogens is 1. The maximum Gasteiger partial charge on any atom is 0.340 e. The molecule has 2 aromatic rings. The van der Waals surface area contributed by atoms with E-state index in [4.69, 9.17) is 4.74 Å². The molecule has 0 unspecified atom stereocenters. The molecule has 96 valence electrons. The topological polar surface area (TPSA) is 56.3 Å². The molecule has 0 saturated carbocycles. The van der Waals surface area contributed by atoms with Crippen LogP contribution in [0.5, 0.6) is 0 Å². The molecule has 0 amide bonds. The molecule has 1 heterocycles. The molecule has 4 nitrogen and oxygen atoms in total. The molecule has 1 aromatic heterocycles. The number of Topliss-reactive ketones (excluding diaryl/α,β-unsaturated/α-hetero) is 1. The molecule has 0 bridgehead atoms. The molecule has 0 spiro atoms. The molecule has 19 heavy (non-hydrogen) atoms. The van der Waals surface area contributed by atoms with Crippen LogP contribution in [0.3, 0.4) is 0 Å². The van der Waals surface area contributed by atoms with E-state index in [1.54, 1.807) is 0 Å². The van der Waals surface area contributed by atoms with Crippen LogP contribution in [-0.2, 0) is 11.3 Å². The van der Waals surface area contributed by atoms with Crippen LogP contribution in [0.2, 0.25) is 0 Å². The maximum absolute atomic E-state index is 11.8. The normalized spacial score (nSPS) is 9.95. The van der Waals surface area contributed by atoms with Crippen molar-refractivity contribution < 1.29 is 14.3 Å². The lowest BCUT2D eigenvalue weighted by Gasteiger charge is -2.04. The first-order chi connectivity index (χ1) is 9.16. The Hall–Kier alpha value is -2.49. The van der Waals surface area contributed by atoms with Gasteiger partial charge in [0.1, 0.15) is 12.3 Å². The van der Waals surface area contributed by atoms with Crippen LogP contribution < -0.4 is 0 Å². The number of pyridine rings is 1. The number of carbonyl (C=O) groups is 2. The van der Waals surface area contributed by atoms with Crippen LogP contribution in [0.15, 0.2) is 48.7 Å². The van der Waals surface area contributed by atoms with Crippen molar-refractivity contribution in [3.63, 3.8) is 0 Å². The number of ketones is 1. The third-order valence-corrected chi connectivity index (χ3v) is 2.57. The predicted octanol–water partition coefficient (Wildman–Crippen LogP) is 2.64. The van der Waals surface area contributed by atoms with Crippen LogP contribution in [0.4, 0.5) is 0 Å². The van der Waals surface area contributed by atoms with Gasteiger partial charge in [0.25, 0.3) is 0 Å². The molecule has 0 atom stereocenters. The van der Waals surface area contributed by atoms with Crippen molar-refractivity contribution in [3.8, 4) is 0 Å². The SMILES string of the molecule is CC(=O)c1ccc(C(=O)OCc2ccccc2)cn1. The Kier molecular flexibility index (Phi) is 4.03. The van der Waals surface area contributed by atoms with Crippen LogP contribution in [-0.4, -0.2) is 16.7 Å². The van der Waals surface area contributed by atoms with Gasteiger partial charge >= 0.3 is 5.97 Å². The van der Waals surface area contributed by atoms with Gasteiger partial charge in [-0.15, -0.1) is 0 Å². The molecule has 0 saturated heterocycles. The third-order valence-electron chi connectivity index (χ3n) is 2.57. The fourth-order valence-corrected chi connectivity index (χ4v) is 1.53. The number of ether oxygens (including phenoxy) is 1. The quantitative estimate of drug-likeness (QED) is 0.622. The minimum absolute atomic E-state index is 0.135. The predicted molar refractivity (Wildman–Crippen MR) is 69.8 cm³/mol. The standard InChI is InChI=1S/C15H13NO3/c1-11(17)14-8-7-13(9-16-14)15(18)19-10-12-5-3-2-4-6-12/h2-9H,10H2,1H3. The molecule has 4 heteroatoms. The summed E-state index contributed by atoms with van der Waals surface area (Å²) in [4.78, 5) is 26.7. The number of hydrogen-bond donors (Lipinski definition) is 0. The Morgan fingerprint density at radius 1 is 1.11 bits per heavy atom. The monoisotopic (exact) mass is 255 g/mol. The molecule has 0 aliphatic heterocycles. The van der Waals surface area contributed by atoms with E-state index >= 15 is 0 Å². The highest BCUT2D eigenvalue weighted by atomic mass is 16.5. The summed E-state index contributed by atoms with van der Waals surface area (Å²) in [5.74, 6) is -0.587. The maximum atomic E-state index is 11.8. The zero-order valence-corrected chi connectivity index (χ0v) is 10.5. The molecule has 0 fully saturated rings. The molecular formula is C15H13NO3. The van der Waals surface area contributed by atoms with Crippen molar-refractivity contribution in [2.45, 2.75) is 13.5 Å². The molecule has 0 aliphatic rings. The van der Waals surface area contributed by atoms with Gasteiger partial charge in [-0.05, 0) is 17.7 Å². The van der Waals surface area contributed by atoms with E-state index in [9.17, 15) is 9.59 Å². The Labute approximate surface area is 111 Å². The summed E-state index contributed by atoms with van der Waals surface area (Å²) in [5.41, 5.74) is 1.59. The van der Waals surface area contributed by atoms with E-state index < -0.39 is 5.97 Å². The number of carbonyl (C=O) groups excluding carboxylic acids is 2. The lowest BCUT2D eigenvalue weighted by atomic mass is 10.2. The summed E-state index contributed by atoms with van der Waals surface area (Å²) in [5, 5.41) is 0. The van der Waals surface area contributed by atoms with Crippen molar-refractivity contribution >= 4 is 11.8 Å². The first-order valence-electron chi connectivity index (χ1n) is 5.85. The van der Waals surface area contributed by atoms with Crippen LogP contribution >= 0.6 is 0 Å². The van der Waals surface area contributed by atoms with Gasteiger partial charge in [0.15, 0.2) is 5.78 Å². The van der Waals surface area contributed by atoms with E-state index in [0.717, 1.165) is 5.56 Å². The van der Waals surface area contributed by atoms with E-state index in [-0.39, 0.29) is 12.4 Å². The summed E-state index contributed by atoms with van der Waals surface area (Å²) >= 11 is 0. The van der Waals surface area contributed by atoms with E-state index in [1.807, 2.05) is 30.3 Å². The number of nitrogens with zero attached hydrogens (tertiary/aromatic N) is 1. The molecule has 0 N–H and O–H groups in total. The molecule has 2 rings (SSSR count). The first kappa shape index (κ1) is 13.0. The number of benzene rings is 1. The molecular weight excluding hydrogens is 242 g/mol. The summed E-state index contributed by atoms with van der Waals surface area (Å²) in [6, 6.07) is 12.5. The van der Waals surface area contributed by atoms with Crippen molar-refractivity contribution in [2.75, 3.05) is 0 Å². The van der Waals surface area contributed by atoms with Crippen molar-refractivity contribution in [3.05, 3.63) is 65.5 Å². The highest BCUT2D eigenvalue weighted by molar-refractivity contribution is 5.94. The number of esters is 1. The van der Waals surface area contributed by atoms with Gasteiger partial charge in [0.2, 0.25) is 0 Å². The Morgan fingerprint density at radius 3 is 2.42 bits per heavy atom. The van der Waals surface area contributed by atoms with Gasteiger partial charge in [-0.3, -0.25) is 9.78 Å². The smallest absolute Gasteiger partial charge is 0.340 e. The largest absolute Gasteiger partial charge is 0.457 e. The highest BCUT2D eigenvalue weighted by Gasteiger charge is 2.09. The summed E-state index contributed by atoms with van der Waals surface area (Å²) in [6.45, 7) is 1.64. The molecule has 0 radical (unpaired) electrons. The summed E-state index contributed by atoms with van der Waals surface area (Å²) < 4.78 is 5.15. The van der Waals surface area contributed by atoms with Gasteiger partial charge < -0.3 is 4.74 Å². The van der Waals surface area contributed by atoms with E-state index in [2.05, 4.69) is 4.98 Å². The second kappa shape index (κ2) is 5.91. The van der Waals surface area contributed by atoms with Gasteiger partial charge in [-0.25, -0.2) is 4.79 Å². The minimum Gasteiger partial charge on any atom is -0.457 e. The first-order valence-corrected chi connectivity index (χ1v) is 5.85. The van der Waals surface area contributed by atoms with Gasteiger partial charge in [0, 0.05) is 13.1 Å². The van der Waals surface area contributed by atoms with Crippen LogP contribution in [0.1, 0.15) is 33.3 Å². The van der Waals surface area contributed by atoms with Crippen LogP contribution in [0.25, 0.3) is 0 Å². The Balaban J connectivity index is 1.98. The fourth-order valence-electron chi connectivity index (χ4n) is 1.53. The molecule has 1 aromatic carbocycles. The number of rotatable bonds is 4. The minimum atomic E-state index is -0.452. The van der Waals surface area contributed by atoms with Gasteiger partial charge in [-0.2, -0.15) is 0 Å². The average Bonchev–Trinajstić information content (AvgIpc) is 2.46. The Bertz CT molecular complexity index is 576. The average molecular weight is 255 g/mol. The lowest BCUT2D eigenvalue weighted by molar-refractivity contribution is 0.0472. The fraction of sp³-hybridized carbons (Fsp3) is 0.133. The van der Waals surface area contributed by atoms with Gasteiger partial charge in [-0.1, -0.05) is 30.3 Å². The Morgan fingerprint density at radius 2 is 1.84 bits per heavy atom. The van der Waals surface area contributed by atoms with Crippen molar-refractivity contribution in [1.29, 1.82) is 0 Å². The van der Waals surface area contributed by atoms with E-state index in [0.29, 0.717) is 11.3 Å². The zero-order valence-electron chi connectivity index (χ0n) is 10.5. The summed E-state index contributed by atoms with van der Waals surface area (Å²) in [7, 11) is 0. The van der Waals surface area contributed by atoms with Gasteiger partial charge in [0.05, 0.1) is 5.56 Å². The van der Waals surface area contributed by atoms with E-state index in [1.165, 1.54) is 25.3 Å². The third kappa shape index (κ3) is 3.48. The van der Waals surface area contributed by atoms with Crippen molar-refractivity contribution in [1.82, 2.24) is 4.98 Å². The highest BCUT2D eigenvalue weighted by Crippen LogP contribution is 2.06. The van der Waals surface area contributed by atoms with Crippen molar-refractivity contribution in [2.24, 2.45) is 0 Å². The number of hydrogen-bond acceptors (Lipinski definition) is 4. The second-order valence-corrected chi connectivity index (χ2v) is 4.05. The van der Waals surface area contributed by atoms with Crippen LogP contribution in [0, 0.1) is 0 Å². The second-order valence-electron chi connectivity index (χ2n) is 4.05. The zero-order chi connectivity index (χ0) is 13.7. The summed E-state index contributed by atoms with van der Waals surface area (Å²) in [6.07, 6.45) is 1.35.